The Morgan fingerprint density at radius 1 is 1.26 bits per heavy atom. The lowest BCUT2D eigenvalue weighted by atomic mass is 10.1. The van der Waals surface area contributed by atoms with Gasteiger partial charge in [-0.15, -0.1) is 0 Å². The maximum Gasteiger partial charge on any atom is 0.326 e. The highest BCUT2D eigenvalue weighted by Crippen LogP contribution is 2.21. The van der Waals surface area contributed by atoms with Crippen LogP contribution in [0.1, 0.15) is 23.3 Å². The largest absolute Gasteiger partial charge is 0.505 e. The molecule has 1 aromatic heterocycles. The van der Waals surface area contributed by atoms with E-state index >= 15 is 0 Å². The van der Waals surface area contributed by atoms with Gasteiger partial charge in [0.25, 0.3) is 5.91 Å². The summed E-state index contributed by atoms with van der Waals surface area (Å²) >= 11 is 0. The van der Waals surface area contributed by atoms with Crippen LogP contribution in [0.5, 0.6) is 5.75 Å². The third-order valence-electron chi connectivity index (χ3n) is 3.20. The normalized spacial score (nSPS) is 11.8. The maximum absolute atomic E-state index is 12.2. The second kappa shape index (κ2) is 6.73. The van der Waals surface area contributed by atoms with E-state index in [4.69, 9.17) is 10.8 Å². The molecule has 0 spiro atoms. The lowest BCUT2D eigenvalue weighted by Gasteiger charge is -2.14. The number of nitrogens with two attached hydrogens (primary N) is 1. The lowest BCUT2D eigenvalue weighted by Crippen LogP contribution is -2.41. The first-order chi connectivity index (χ1) is 10.9. The lowest BCUT2D eigenvalue weighted by molar-refractivity contribution is -0.139. The Kier molecular flexibility index (Phi) is 4.75. The fourth-order valence-corrected chi connectivity index (χ4v) is 2.04. The highest BCUT2D eigenvalue weighted by atomic mass is 16.4. The molecule has 2 amide bonds. The summed E-state index contributed by atoms with van der Waals surface area (Å²) < 4.78 is 0. The van der Waals surface area contributed by atoms with E-state index in [1.165, 1.54) is 6.07 Å². The average Bonchev–Trinajstić information content (AvgIpc) is 2.49. The minimum atomic E-state index is -1.31. The number of hydrogen-bond acceptors (Lipinski definition) is 5. The Morgan fingerprint density at radius 3 is 2.61 bits per heavy atom. The number of hydrogen-bond donors (Lipinski definition) is 4. The van der Waals surface area contributed by atoms with Crippen molar-refractivity contribution in [2.24, 2.45) is 5.73 Å². The molecule has 0 aliphatic carbocycles. The first-order valence-electron chi connectivity index (χ1n) is 6.79. The van der Waals surface area contributed by atoms with Crippen molar-refractivity contribution < 1.29 is 24.6 Å². The third kappa shape index (κ3) is 3.94. The molecule has 1 atom stereocenters. The number of nitrogens with zero attached hydrogens (tertiary/aromatic N) is 1. The molecular formula is C15H15N3O5. The number of carbonyl (C=O) groups excluding carboxylic acids is 2. The van der Waals surface area contributed by atoms with Crippen molar-refractivity contribution in [1.29, 1.82) is 0 Å². The molecule has 0 saturated carbocycles. The van der Waals surface area contributed by atoms with Gasteiger partial charge < -0.3 is 21.3 Å². The minimum Gasteiger partial charge on any atom is -0.505 e. The van der Waals surface area contributed by atoms with Crippen LogP contribution in [0.4, 0.5) is 0 Å². The number of primary amides is 1. The molecule has 0 radical (unpaired) electrons. The number of aromatic hydroxyl groups is 1. The number of carbonyl (C=O) groups is 3. The highest BCUT2D eigenvalue weighted by molar-refractivity contribution is 5.99. The number of benzene rings is 1. The zero-order valence-electron chi connectivity index (χ0n) is 12.0. The van der Waals surface area contributed by atoms with Gasteiger partial charge in [-0.25, -0.2) is 9.78 Å². The number of aromatic nitrogens is 1. The second-order valence-electron chi connectivity index (χ2n) is 4.92. The summed E-state index contributed by atoms with van der Waals surface area (Å²) in [6.45, 7) is 0. The number of amides is 2. The predicted molar refractivity (Wildman–Crippen MR) is 80.7 cm³/mol. The second-order valence-corrected chi connectivity index (χ2v) is 4.92. The van der Waals surface area contributed by atoms with Gasteiger partial charge in [0.05, 0.1) is 5.52 Å². The molecule has 8 heteroatoms. The Labute approximate surface area is 130 Å². The van der Waals surface area contributed by atoms with Crippen LogP contribution in [0.2, 0.25) is 0 Å². The summed E-state index contributed by atoms with van der Waals surface area (Å²) in [5.74, 6) is -3.18. The van der Waals surface area contributed by atoms with Crippen LogP contribution < -0.4 is 11.1 Å². The molecule has 0 saturated heterocycles. The minimum absolute atomic E-state index is 0.148. The molecule has 0 bridgehead atoms. The number of aliphatic carboxylic acids is 1. The molecule has 0 aliphatic rings. The first-order valence-corrected chi connectivity index (χ1v) is 6.79. The van der Waals surface area contributed by atoms with Gasteiger partial charge in [-0.2, -0.15) is 0 Å². The van der Waals surface area contributed by atoms with E-state index in [0.717, 1.165) is 0 Å². The van der Waals surface area contributed by atoms with E-state index in [1.54, 1.807) is 24.3 Å². The topological polar surface area (TPSA) is 143 Å². The van der Waals surface area contributed by atoms with Crippen LogP contribution in [0.25, 0.3) is 10.9 Å². The quantitative estimate of drug-likeness (QED) is 0.607. The molecular weight excluding hydrogens is 302 g/mol. The Hall–Kier alpha value is -3.16. The van der Waals surface area contributed by atoms with Gasteiger partial charge in [0, 0.05) is 11.8 Å². The fraction of sp³-hybridized carbons (Fsp3) is 0.200. The molecule has 1 unspecified atom stereocenters. The highest BCUT2D eigenvalue weighted by Gasteiger charge is 2.23. The fourth-order valence-electron chi connectivity index (χ4n) is 2.04. The van der Waals surface area contributed by atoms with Gasteiger partial charge in [0.1, 0.15) is 11.8 Å². The van der Waals surface area contributed by atoms with Crippen LogP contribution in [0.3, 0.4) is 0 Å². The van der Waals surface area contributed by atoms with Gasteiger partial charge >= 0.3 is 5.97 Å². The summed E-state index contributed by atoms with van der Waals surface area (Å²) in [5, 5.41) is 21.8. The molecule has 0 fully saturated rings. The van der Waals surface area contributed by atoms with Crippen molar-refractivity contribution in [3.05, 3.63) is 36.0 Å². The van der Waals surface area contributed by atoms with Gasteiger partial charge in [-0.1, -0.05) is 18.2 Å². The van der Waals surface area contributed by atoms with Crippen LogP contribution in [0.15, 0.2) is 30.3 Å². The van der Waals surface area contributed by atoms with Gasteiger partial charge in [-0.05, 0) is 18.6 Å². The monoisotopic (exact) mass is 317 g/mol. The molecule has 8 nitrogen and oxygen atoms in total. The van der Waals surface area contributed by atoms with Crippen molar-refractivity contribution in [1.82, 2.24) is 10.3 Å². The zero-order valence-corrected chi connectivity index (χ0v) is 12.0. The maximum atomic E-state index is 12.2. The smallest absolute Gasteiger partial charge is 0.326 e. The number of carboxylic acids is 1. The van der Waals surface area contributed by atoms with Crippen LogP contribution in [-0.2, 0) is 9.59 Å². The first kappa shape index (κ1) is 16.2. The summed E-state index contributed by atoms with van der Waals surface area (Å²) in [6.07, 6.45) is -0.334. The number of nitrogens with one attached hydrogen (secondary N) is 1. The van der Waals surface area contributed by atoms with Crippen molar-refractivity contribution >= 4 is 28.7 Å². The standard InChI is InChI=1S/C15H15N3O5/c16-12(20)6-5-10(15(22)23)18-14(21)13-11(19)7-8-3-1-2-4-9(8)17-13/h1-4,7,10,19H,5-6H2,(H2,16,20)(H,18,21)(H,22,23). The van der Waals surface area contributed by atoms with Gasteiger partial charge in [-0.3, -0.25) is 9.59 Å². The number of fused-ring (bicyclic) bond motifs is 1. The summed E-state index contributed by atoms with van der Waals surface area (Å²) in [6, 6.07) is 6.93. The van der Waals surface area contributed by atoms with Crippen molar-refractivity contribution in [2.45, 2.75) is 18.9 Å². The number of rotatable bonds is 6. The summed E-state index contributed by atoms with van der Waals surface area (Å²) in [7, 11) is 0. The van der Waals surface area contributed by atoms with E-state index in [2.05, 4.69) is 10.3 Å². The van der Waals surface area contributed by atoms with E-state index in [0.29, 0.717) is 10.9 Å². The molecule has 1 aromatic carbocycles. The molecule has 23 heavy (non-hydrogen) atoms. The summed E-state index contributed by atoms with van der Waals surface area (Å²) in [5.41, 5.74) is 5.17. The van der Waals surface area contributed by atoms with Crippen molar-refractivity contribution in [2.75, 3.05) is 0 Å². The Bertz CT molecular complexity index is 775. The van der Waals surface area contributed by atoms with Gasteiger partial charge in [0.2, 0.25) is 5.91 Å². The zero-order chi connectivity index (χ0) is 17.0. The van der Waals surface area contributed by atoms with Crippen LogP contribution >= 0.6 is 0 Å². The SMILES string of the molecule is NC(=O)CCC(NC(=O)c1nc2ccccc2cc1O)C(=O)O. The molecule has 2 rings (SSSR count). The number of para-hydroxylation sites is 1. The van der Waals surface area contributed by atoms with Crippen LogP contribution in [0, 0.1) is 0 Å². The Balaban J connectivity index is 2.23. The van der Waals surface area contributed by atoms with E-state index < -0.39 is 23.8 Å². The average molecular weight is 317 g/mol. The van der Waals surface area contributed by atoms with E-state index in [1.807, 2.05) is 0 Å². The molecule has 1 heterocycles. The van der Waals surface area contributed by atoms with Crippen molar-refractivity contribution in [3.8, 4) is 5.75 Å². The molecule has 2 aromatic rings. The summed E-state index contributed by atoms with van der Waals surface area (Å²) in [4.78, 5) is 38.1. The molecule has 120 valence electrons. The predicted octanol–water partition coefficient (Wildman–Crippen LogP) is 0.389. The van der Waals surface area contributed by atoms with E-state index in [-0.39, 0.29) is 24.3 Å². The number of pyridine rings is 1. The molecule has 0 aliphatic heterocycles. The molecule has 5 N–H and O–H groups in total. The number of carboxylic acid groups (broad SMARTS) is 1. The van der Waals surface area contributed by atoms with E-state index in [9.17, 15) is 19.5 Å². The van der Waals surface area contributed by atoms with Crippen molar-refractivity contribution in [3.63, 3.8) is 0 Å². The van der Waals surface area contributed by atoms with Crippen LogP contribution in [-0.4, -0.2) is 39.0 Å². The van der Waals surface area contributed by atoms with Gasteiger partial charge in [0.15, 0.2) is 5.69 Å². The Morgan fingerprint density at radius 2 is 1.96 bits per heavy atom. The third-order valence-corrected chi connectivity index (χ3v) is 3.20.